The molecule has 0 radical (unpaired) electrons. The molecule has 76 valence electrons. The van der Waals surface area contributed by atoms with Gasteiger partial charge in [0.15, 0.2) is 0 Å². The molecule has 0 fully saturated rings. The number of nitriles is 1. The maximum atomic E-state index is 10.6. The molecule has 1 aromatic carbocycles. The Morgan fingerprint density at radius 1 is 1.60 bits per heavy atom. The molecule has 15 heavy (non-hydrogen) atoms. The maximum absolute atomic E-state index is 10.6. The van der Waals surface area contributed by atoms with Crippen molar-refractivity contribution < 1.29 is 4.79 Å². The zero-order valence-corrected chi connectivity index (χ0v) is 9.72. The SMILES string of the molecule is N#CC(=NNc1cccc(I)c1)C(N)=O. The molecule has 0 saturated heterocycles. The first-order valence-electron chi connectivity index (χ1n) is 3.92. The van der Waals surface area contributed by atoms with Gasteiger partial charge in [0, 0.05) is 3.57 Å². The molecular weight excluding hydrogens is 307 g/mol. The summed E-state index contributed by atoms with van der Waals surface area (Å²) in [5.41, 5.74) is 7.82. The molecule has 3 N–H and O–H groups in total. The monoisotopic (exact) mass is 314 g/mol. The highest BCUT2D eigenvalue weighted by molar-refractivity contribution is 14.1. The number of nitrogens with one attached hydrogen (secondary N) is 1. The quantitative estimate of drug-likeness (QED) is 0.496. The van der Waals surface area contributed by atoms with Gasteiger partial charge in [-0.15, -0.1) is 0 Å². The van der Waals surface area contributed by atoms with Gasteiger partial charge in [0.25, 0.3) is 5.91 Å². The minimum Gasteiger partial charge on any atom is -0.364 e. The zero-order chi connectivity index (χ0) is 11.3. The van der Waals surface area contributed by atoms with Gasteiger partial charge in [-0.05, 0) is 40.8 Å². The van der Waals surface area contributed by atoms with Crippen LogP contribution in [0, 0.1) is 14.9 Å². The van der Waals surface area contributed by atoms with Gasteiger partial charge in [-0.2, -0.15) is 10.4 Å². The van der Waals surface area contributed by atoms with Crippen LogP contribution in [0.1, 0.15) is 0 Å². The zero-order valence-electron chi connectivity index (χ0n) is 7.57. The minimum atomic E-state index is -0.851. The molecule has 0 aliphatic carbocycles. The van der Waals surface area contributed by atoms with Crippen molar-refractivity contribution in [3.8, 4) is 6.07 Å². The number of primary amides is 1. The molecule has 0 bridgehead atoms. The van der Waals surface area contributed by atoms with Crippen molar-refractivity contribution in [1.82, 2.24) is 0 Å². The van der Waals surface area contributed by atoms with Crippen LogP contribution in [-0.2, 0) is 4.79 Å². The second kappa shape index (κ2) is 5.31. The molecule has 0 saturated carbocycles. The highest BCUT2D eigenvalue weighted by atomic mass is 127. The Morgan fingerprint density at radius 2 is 2.33 bits per heavy atom. The standard InChI is InChI=1S/C9H7IN4O/c10-6-2-1-3-7(4-6)13-14-8(5-11)9(12)15/h1-4,13H,(H2,12,15). The lowest BCUT2D eigenvalue weighted by molar-refractivity contribution is -0.111. The van der Waals surface area contributed by atoms with Crippen LogP contribution in [0.5, 0.6) is 0 Å². The normalized spacial score (nSPS) is 10.5. The third-order valence-corrected chi connectivity index (χ3v) is 2.13. The molecular formula is C9H7IN4O. The summed E-state index contributed by atoms with van der Waals surface area (Å²) in [5, 5.41) is 12.1. The van der Waals surface area contributed by atoms with Gasteiger partial charge >= 0.3 is 0 Å². The van der Waals surface area contributed by atoms with E-state index in [1.807, 2.05) is 18.2 Å². The van der Waals surface area contributed by atoms with E-state index in [9.17, 15) is 4.79 Å². The Bertz CT molecular complexity index is 450. The Morgan fingerprint density at radius 3 is 2.87 bits per heavy atom. The maximum Gasteiger partial charge on any atom is 0.280 e. The van der Waals surface area contributed by atoms with Crippen LogP contribution in [-0.4, -0.2) is 11.6 Å². The van der Waals surface area contributed by atoms with Gasteiger partial charge in [-0.1, -0.05) is 6.07 Å². The molecule has 1 rings (SSSR count). The number of amides is 1. The number of halogens is 1. The summed E-state index contributed by atoms with van der Waals surface area (Å²) in [6.07, 6.45) is 0. The summed E-state index contributed by atoms with van der Waals surface area (Å²) in [5.74, 6) is -0.851. The van der Waals surface area contributed by atoms with Crippen LogP contribution in [0.2, 0.25) is 0 Å². The van der Waals surface area contributed by atoms with Crippen LogP contribution in [0.25, 0.3) is 0 Å². The second-order valence-corrected chi connectivity index (χ2v) is 3.80. The summed E-state index contributed by atoms with van der Waals surface area (Å²) in [6, 6.07) is 8.92. The first kappa shape index (κ1) is 11.5. The molecule has 0 unspecified atom stereocenters. The fourth-order valence-electron chi connectivity index (χ4n) is 0.814. The molecule has 0 atom stereocenters. The van der Waals surface area contributed by atoms with E-state index in [0.717, 1.165) is 3.57 Å². The van der Waals surface area contributed by atoms with Crippen LogP contribution >= 0.6 is 22.6 Å². The highest BCUT2D eigenvalue weighted by Crippen LogP contribution is 2.11. The third-order valence-electron chi connectivity index (χ3n) is 1.46. The third kappa shape index (κ3) is 3.55. The van der Waals surface area contributed by atoms with Crippen molar-refractivity contribution in [1.29, 1.82) is 5.26 Å². The number of carbonyl (C=O) groups excluding carboxylic acids is 1. The number of carbonyl (C=O) groups is 1. The summed E-state index contributed by atoms with van der Waals surface area (Å²) in [6.45, 7) is 0. The van der Waals surface area contributed by atoms with Gasteiger partial charge in [-0.3, -0.25) is 10.2 Å². The molecule has 6 heteroatoms. The number of hydrogen-bond donors (Lipinski definition) is 2. The predicted octanol–water partition coefficient (Wildman–Crippen LogP) is 1.07. The van der Waals surface area contributed by atoms with E-state index in [1.165, 1.54) is 0 Å². The average Bonchev–Trinajstić information content (AvgIpc) is 2.18. The van der Waals surface area contributed by atoms with E-state index in [4.69, 9.17) is 11.0 Å². The van der Waals surface area contributed by atoms with Crippen molar-refractivity contribution in [2.24, 2.45) is 10.8 Å². The second-order valence-electron chi connectivity index (χ2n) is 2.56. The van der Waals surface area contributed by atoms with Crippen molar-refractivity contribution in [3.63, 3.8) is 0 Å². The number of benzene rings is 1. The number of anilines is 1. The summed E-state index contributed by atoms with van der Waals surface area (Å²) in [7, 11) is 0. The lowest BCUT2D eigenvalue weighted by Gasteiger charge is -2.00. The van der Waals surface area contributed by atoms with Crippen molar-refractivity contribution in [3.05, 3.63) is 27.8 Å². The lowest BCUT2D eigenvalue weighted by Crippen LogP contribution is -2.22. The summed E-state index contributed by atoms with van der Waals surface area (Å²) >= 11 is 2.14. The first-order valence-corrected chi connectivity index (χ1v) is 5.00. The minimum absolute atomic E-state index is 0.353. The number of rotatable bonds is 3. The van der Waals surface area contributed by atoms with E-state index < -0.39 is 5.91 Å². The van der Waals surface area contributed by atoms with Crippen LogP contribution in [0.4, 0.5) is 5.69 Å². The molecule has 1 amide bonds. The Balaban J connectivity index is 2.80. The summed E-state index contributed by atoms with van der Waals surface area (Å²) in [4.78, 5) is 10.6. The van der Waals surface area contributed by atoms with E-state index >= 15 is 0 Å². The molecule has 0 aliphatic rings. The highest BCUT2D eigenvalue weighted by Gasteiger charge is 2.04. The molecule has 1 aromatic rings. The topological polar surface area (TPSA) is 91.3 Å². The molecule has 0 spiro atoms. The summed E-state index contributed by atoms with van der Waals surface area (Å²) < 4.78 is 1.02. The molecule has 0 aromatic heterocycles. The Labute approximate surface area is 100 Å². The number of nitrogens with two attached hydrogens (primary N) is 1. The number of hydrogen-bond acceptors (Lipinski definition) is 4. The van der Waals surface area contributed by atoms with Gasteiger partial charge in [0.05, 0.1) is 5.69 Å². The van der Waals surface area contributed by atoms with E-state index in [-0.39, 0.29) is 5.71 Å². The lowest BCUT2D eigenvalue weighted by atomic mass is 10.3. The van der Waals surface area contributed by atoms with E-state index in [0.29, 0.717) is 5.69 Å². The predicted molar refractivity (Wildman–Crippen MR) is 65.0 cm³/mol. The fraction of sp³-hybridized carbons (Fsp3) is 0. The number of nitrogens with zero attached hydrogens (tertiary/aromatic N) is 2. The van der Waals surface area contributed by atoms with Gasteiger partial charge in [-0.25, -0.2) is 0 Å². The smallest absolute Gasteiger partial charge is 0.280 e. The van der Waals surface area contributed by atoms with Crippen molar-refractivity contribution >= 4 is 39.9 Å². The molecule has 5 nitrogen and oxygen atoms in total. The van der Waals surface area contributed by atoms with Gasteiger partial charge in [0.1, 0.15) is 6.07 Å². The van der Waals surface area contributed by atoms with Gasteiger partial charge in [0.2, 0.25) is 5.71 Å². The van der Waals surface area contributed by atoms with Crippen LogP contribution < -0.4 is 11.2 Å². The molecule has 0 aliphatic heterocycles. The van der Waals surface area contributed by atoms with E-state index in [1.54, 1.807) is 12.1 Å². The average molecular weight is 314 g/mol. The van der Waals surface area contributed by atoms with E-state index in [2.05, 4.69) is 33.1 Å². The van der Waals surface area contributed by atoms with Crippen molar-refractivity contribution in [2.75, 3.05) is 5.43 Å². The fourth-order valence-corrected chi connectivity index (χ4v) is 1.36. The van der Waals surface area contributed by atoms with Gasteiger partial charge < -0.3 is 5.73 Å². The van der Waals surface area contributed by atoms with Crippen LogP contribution in [0.3, 0.4) is 0 Å². The Kier molecular flexibility index (Phi) is 4.05. The van der Waals surface area contributed by atoms with Crippen molar-refractivity contribution in [2.45, 2.75) is 0 Å². The first-order chi connectivity index (χ1) is 7.13. The molecule has 0 heterocycles. The Hall–Kier alpha value is -1.62. The number of hydrazone groups is 1. The largest absolute Gasteiger partial charge is 0.364 e. The van der Waals surface area contributed by atoms with Crippen LogP contribution in [0.15, 0.2) is 29.4 Å².